The lowest BCUT2D eigenvalue weighted by atomic mass is 9.90. The predicted octanol–water partition coefficient (Wildman–Crippen LogP) is 3.12. The number of hydrogen-bond donors (Lipinski definition) is 2. The van der Waals surface area contributed by atoms with Gasteiger partial charge in [-0.15, -0.1) is 11.3 Å². The molecular weight excluding hydrogens is 332 g/mol. The van der Waals surface area contributed by atoms with Crippen LogP contribution in [0.4, 0.5) is 5.82 Å². The van der Waals surface area contributed by atoms with Gasteiger partial charge in [0, 0.05) is 18.2 Å². The Morgan fingerprint density at radius 3 is 2.91 bits per heavy atom. The van der Waals surface area contributed by atoms with Gasteiger partial charge >= 0.3 is 0 Å². The second-order valence-electron chi connectivity index (χ2n) is 5.82. The Morgan fingerprint density at radius 1 is 1.48 bits per heavy atom. The predicted molar refractivity (Wildman–Crippen MR) is 93.8 cm³/mol. The normalized spacial score (nSPS) is 20.3. The van der Waals surface area contributed by atoms with Gasteiger partial charge in [0.1, 0.15) is 4.83 Å². The van der Waals surface area contributed by atoms with Crippen molar-refractivity contribution < 1.29 is 9.53 Å². The summed E-state index contributed by atoms with van der Waals surface area (Å²) in [6.07, 6.45) is 3.71. The van der Waals surface area contributed by atoms with Crippen molar-refractivity contribution in [2.75, 3.05) is 11.7 Å². The van der Waals surface area contributed by atoms with Gasteiger partial charge in [0.25, 0.3) is 0 Å². The van der Waals surface area contributed by atoms with Crippen LogP contribution in [-0.2, 0) is 22.6 Å². The lowest BCUT2D eigenvalue weighted by molar-refractivity contribution is -0.118. The molecule has 2 N–H and O–H groups in total. The number of hydrazine groups is 1. The standard InChI is InChI=1S/C15H20N4O2S2/c1-5-15(3)6-9-10(7-21-15)23-13-11(9)12(19-18-8(2)20)16-14(17-13)22-4/h5-7H2,1-4H3,(H,18,20)(H,16,17,19). The highest BCUT2D eigenvalue weighted by Crippen LogP contribution is 2.42. The molecule has 3 heterocycles. The van der Waals surface area contributed by atoms with E-state index >= 15 is 0 Å². The minimum absolute atomic E-state index is 0.159. The van der Waals surface area contributed by atoms with Gasteiger partial charge in [0.2, 0.25) is 5.91 Å². The molecule has 3 rings (SSSR count). The summed E-state index contributed by atoms with van der Waals surface area (Å²) >= 11 is 3.13. The summed E-state index contributed by atoms with van der Waals surface area (Å²) in [4.78, 5) is 22.5. The number of nitrogens with one attached hydrogen (secondary N) is 2. The van der Waals surface area contributed by atoms with Crippen LogP contribution in [0, 0.1) is 0 Å². The number of hydrogen-bond acceptors (Lipinski definition) is 7. The zero-order valence-electron chi connectivity index (χ0n) is 13.6. The molecule has 6 nitrogen and oxygen atoms in total. The molecule has 1 amide bonds. The number of thiophene rings is 1. The molecule has 0 aliphatic carbocycles. The van der Waals surface area contributed by atoms with Crippen LogP contribution in [0.1, 0.15) is 37.6 Å². The lowest BCUT2D eigenvalue weighted by Crippen LogP contribution is -2.34. The molecule has 0 saturated carbocycles. The molecule has 1 atom stereocenters. The summed E-state index contributed by atoms with van der Waals surface area (Å²) in [5.74, 6) is 0.501. The van der Waals surface area contributed by atoms with Crippen molar-refractivity contribution in [2.24, 2.45) is 0 Å². The van der Waals surface area contributed by atoms with E-state index in [-0.39, 0.29) is 11.5 Å². The number of ether oxygens (including phenoxy) is 1. The van der Waals surface area contributed by atoms with Crippen molar-refractivity contribution in [1.82, 2.24) is 15.4 Å². The van der Waals surface area contributed by atoms with Crippen molar-refractivity contribution in [2.45, 2.75) is 51.0 Å². The summed E-state index contributed by atoms with van der Waals surface area (Å²) in [6, 6.07) is 0. The second kappa shape index (κ2) is 6.26. The molecule has 23 heavy (non-hydrogen) atoms. The van der Waals surface area contributed by atoms with E-state index in [0.717, 1.165) is 23.1 Å². The van der Waals surface area contributed by atoms with Crippen LogP contribution in [0.3, 0.4) is 0 Å². The number of anilines is 1. The molecular formula is C15H20N4O2S2. The third kappa shape index (κ3) is 3.15. The summed E-state index contributed by atoms with van der Waals surface area (Å²) in [6.45, 7) is 6.34. The van der Waals surface area contributed by atoms with Gasteiger partial charge in [-0.2, -0.15) is 0 Å². The number of fused-ring (bicyclic) bond motifs is 3. The van der Waals surface area contributed by atoms with Crippen molar-refractivity contribution in [3.63, 3.8) is 0 Å². The molecule has 2 aromatic rings. The van der Waals surface area contributed by atoms with Crippen LogP contribution in [0.25, 0.3) is 10.2 Å². The smallest absolute Gasteiger partial charge is 0.235 e. The van der Waals surface area contributed by atoms with Gasteiger partial charge in [0.05, 0.1) is 17.6 Å². The van der Waals surface area contributed by atoms with Gasteiger partial charge in [-0.1, -0.05) is 18.7 Å². The van der Waals surface area contributed by atoms with Gasteiger partial charge < -0.3 is 4.74 Å². The Balaban J connectivity index is 2.12. The van der Waals surface area contributed by atoms with E-state index in [9.17, 15) is 4.79 Å². The summed E-state index contributed by atoms with van der Waals surface area (Å²) in [5, 5.41) is 1.68. The molecule has 0 bridgehead atoms. The van der Waals surface area contributed by atoms with Crippen molar-refractivity contribution in [1.29, 1.82) is 0 Å². The largest absolute Gasteiger partial charge is 0.369 e. The average molecular weight is 352 g/mol. The molecule has 1 aliphatic rings. The first kappa shape index (κ1) is 16.5. The molecule has 124 valence electrons. The topological polar surface area (TPSA) is 76.1 Å². The zero-order valence-corrected chi connectivity index (χ0v) is 15.3. The third-order valence-corrected chi connectivity index (χ3v) is 5.75. The van der Waals surface area contributed by atoms with Gasteiger partial charge in [-0.25, -0.2) is 9.97 Å². The Morgan fingerprint density at radius 2 is 2.26 bits per heavy atom. The molecule has 1 aliphatic heterocycles. The van der Waals surface area contributed by atoms with Crippen LogP contribution in [0.2, 0.25) is 0 Å². The van der Waals surface area contributed by atoms with E-state index in [2.05, 4.69) is 34.7 Å². The highest BCUT2D eigenvalue weighted by molar-refractivity contribution is 7.98. The van der Waals surface area contributed by atoms with Gasteiger partial charge in [0.15, 0.2) is 11.0 Å². The Labute approximate surface area is 143 Å². The fourth-order valence-electron chi connectivity index (χ4n) is 2.61. The zero-order chi connectivity index (χ0) is 16.6. The van der Waals surface area contributed by atoms with Gasteiger partial charge in [-0.05, 0) is 25.2 Å². The summed E-state index contributed by atoms with van der Waals surface area (Å²) in [7, 11) is 0. The van der Waals surface area contributed by atoms with E-state index in [1.807, 2.05) is 6.26 Å². The third-order valence-electron chi connectivity index (χ3n) is 4.10. The number of carbonyl (C=O) groups is 1. The van der Waals surface area contributed by atoms with E-state index in [1.165, 1.54) is 29.1 Å². The second-order valence-corrected chi connectivity index (χ2v) is 7.67. The maximum Gasteiger partial charge on any atom is 0.235 e. The van der Waals surface area contributed by atoms with Crippen LogP contribution in [-0.4, -0.2) is 27.7 Å². The molecule has 8 heteroatoms. The lowest BCUT2D eigenvalue weighted by Gasteiger charge is -2.33. The molecule has 1 unspecified atom stereocenters. The molecule has 0 spiro atoms. The van der Waals surface area contributed by atoms with Crippen molar-refractivity contribution in [3.05, 3.63) is 10.4 Å². The minimum atomic E-state index is -0.162. The summed E-state index contributed by atoms with van der Waals surface area (Å²) < 4.78 is 6.03. The van der Waals surface area contributed by atoms with Crippen LogP contribution in [0.15, 0.2) is 5.16 Å². The SMILES string of the molecule is CCC1(C)Cc2c(sc3nc(SC)nc(NNC(C)=O)c23)CO1. The molecule has 2 aromatic heterocycles. The molecule has 0 saturated heterocycles. The fraction of sp³-hybridized carbons (Fsp3) is 0.533. The summed E-state index contributed by atoms with van der Waals surface area (Å²) in [5.41, 5.74) is 6.64. The van der Waals surface area contributed by atoms with Gasteiger partial charge in [-0.3, -0.25) is 15.6 Å². The Bertz CT molecular complexity index is 762. The van der Waals surface area contributed by atoms with Crippen molar-refractivity contribution in [3.8, 4) is 0 Å². The Kier molecular flexibility index (Phi) is 4.48. The number of aromatic nitrogens is 2. The molecule has 0 aromatic carbocycles. The minimum Gasteiger partial charge on any atom is -0.369 e. The number of amides is 1. The maximum absolute atomic E-state index is 11.2. The average Bonchev–Trinajstić information content (AvgIpc) is 2.89. The van der Waals surface area contributed by atoms with E-state index in [1.54, 1.807) is 11.3 Å². The first-order valence-electron chi connectivity index (χ1n) is 7.48. The van der Waals surface area contributed by atoms with E-state index in [4.69, 9.17) is 4.74 Å². The molecule has 0 radical (unpaired) electrons. The fourth-order valence-corrected chi connectivity index (χ4v) is 4.13. The highest BCUT2D eigenvalue weighted by Gasteiger charge is 2.33. The van der Waals surface area contributed by atoms with Crippen LogP contribution in [0.5, 0.6) is 0 Å². The molecule has 0 fully saturated rings. The monoisotopic (exact) mass is 352 g/mol. The van der Waals surface area contributed by atoms with E-state index in [0.29, 0.717) is 17.6 Å². The quantitative estimate of drug-likeness (QED) is 0.500. The first-order chi connectivity index (χ1) is 11.0. The van der Waals surface area contributed by atoms with Crippen LogP contribution < -0.4 is 10.9 Å². The highest BCUT2D eigenvalue weighted by atomic mass is 32.2. The number of thioether (sulfide) groups is 1. The number of rotatable bonds is 4. The Hall–Kier alpha value is -1.38. The first-order valence-corrected chi connectivity index (χ1v) is 9.52. The van der Waals surface area contributed by atoms with Crippen molar-refractivity contribution >= 4 is 45.0 Å². The van der Waals surface area contributed by atoms with E-state index < -0.39 is 0 Å². The van der Waals surface area contributed by atoms with Crippen LogP contribution >= 0.6 is 23.1 Å². The number of nitrogens with zero attached hydrogens (tertiary/aromatic N) is 2. The maximum atomic E-state index is 11.2. The number of carbonyl (C=O) groups excluding carboxylic acids is 1.